The fourth-order valence-electron chi connectivity index (χ4n) is 5.72. The van der Waals surface area contributed by atoms with E-state index in [2.05, 4.69) is 25.1 Å². The van der Waals surface area contributed by atoms with E-state index < -0.39 is 0 Å². The summed E-state index contributed by atoms with van der Waals surface area (Å²) in [5.41, 5.74) is 2.80. The highest BCUT2D eigenvalue weighted by atomic mass is 16.5. The van der Waals surface area contributed by atoms with E-state index in [1.165, 1.54) is 44.1 Å². The van der Waals surface area contributed by atoms with E-state index in [1.807, 2.05) is 0 Å². The third-order valence-electron chi connectivity index (χ3n) is 7.58. The summed E-state index contributed by atoms with van der Waals surface area (Å²) in [5.74, 6) is 2.39. The van der Waals surface area contributed by atoms with E-state index in [-0.39, 0.29) is 6.10 Å². The summed E-state index contributed by atoms with van der Waals surface area (Å²) in [5, 5.41) is 0. The number of ether oxygens (including phenoxy) is 2. The molecule has 0 aromatic heterocycles. The topological polar surface area (TPSA) is 35.5 Å². The van der Waals surface area contributed by atoms with E-state index >= 15 is 0 Å². The van der Waals surface area contributed by atoms with Gasteiger partial charge in [0.1, 0.15) is 11.5 Å². The number of Topliss-reactive ketones (excluding diaryl/α,β-unsaturated/α-hetero) is 1. The number of aryl methyl sites for hydroxylation is 1. The highest BCUT2D eigenvalue weighted by molar-refractivity contribution is 5.82. The lowest BCUT2D eigenvalue weighted by atomic mass is 9.54. The Morgan fingerprint density at radius 3 is 2.70 bits per heavy atom. The van der Waals surface area contributed by atoms with E-state index in [9.17, 15) is 4.79 Å². The number of hydrogen-bond donors (Lipinski definition) is 0. The summed E-state index contributed by atoms with van der Waals surface area (Å²) >= 11 is 0. The van der Waals surface area contributed by atoms with Crippen molar-refractivity contribution in [3.8, 4) is 5.75 Å². The highest BCUT2D eigenvalue weighted by Crippen LogP contribution is 2.53. The molecule has 1 aliphatic heterocycles. The lowest BCUT2D eigenvalue weighted by Gasteiger charge is -2.50. The van der Waals surface area contributed by atoms with E-state index in [1.54, 1.807) is 7.11 Å². The van der Waals surface area contributed by atoms with E-state index in [0.29, 0.717) is 36.1 Å². The second kappa shape index (κ2) is 7.95. The number of fused-ring (bicyclic) bond motifs is 1. The van der Waals surface area contributed by atoms with Crippen molar-refractivity contribution in [1.29, 1.82) is 0 Å². The Hall–Kier alpha value is -1.35. The maximum Gasteiger partial charge on any atom is 0.136 e. The molecule has 2 saturated carbocycles. The molecule has 1 aromatic carbocycles. The molecular weight excluding hydrogens is 336 g/mol. The molecule has 27 heavy (non-hydrogen) atoms. The van der Waals surface area contributed by atoms with Gasteiger partial charge in [-0.2, -0.15) is 0 Å². The number of carbonyl (C=O) groups is 1. The molecule has 148 valence electrons. The predicted molar refractivity (Wildman–Crippen MR) is 107 cm³/mol. The van der Waals surface area contributed by atoms with Crippen LogP contribution in [0.3, 0.4) is 0 Å². The molecule has 3 heteroatoms. The molecule has 0 N–H and O–H groups in total. The molecule has 0 saturated heterocycles. The second-order valence-electron chi connectivity index (χ2n) is 9.20. The van der Waals surface area contributed by atoms with Crippen LogP contribution in [0.2, 0.25) is 0 Å². The fourth-order valence-corrected chi connectivity index (χ4v) is 5.72. The monoisotopic (exact) mass is 370 g/mol. The van der Waals surface area contributed by atoms with Gasteiger partial charge in [0.05, 0.1) is 12.7 Å². The van der Waals surface area contributed by atoms with Gasteiger partial charge in [-0.3, -0.25) is 4.79 Å². The van der Waals surface area contributed by atoms with Crippen molar-refractivity contribution < 1.29 is 14.3 Å². The Kier molecular flexibility index (Phi) is 5.59. The first-order valence-corrected chi connectivity index (χ1v) is 10.9. The zero-order valence-corrected chi connectivity index (χ0v) is 17.0. The molecule has 3 atom stereocenters. The highest BCUT2D eigenvalue weighted by Gasteiger charge is 2.47. The molecule has 0 radical (unpaired) electrons. The van der Waals surface area contributed by atoms with Crippen molar-refractivity contribution in [3.05, 3.63) is 29.3 Å². The zero-order valence-electron chi connectivity index (χ0n) is 17.0. The molecule has 3 unspecified atom stereocenters. The lowest BCUT2D eigenvalue weighted by Crippen LogP contribution is -2.44. The maximum atomic E-state index is 13.0. The second-order valence-corrected chi connectivity index (χ2v) is 9.20. The minimum atomic E-state index is 0.117. The van der Waals surface area contributed by atoms with Crippen LogP contribution in [0.1, 0.15) is 81.9 Å². The van der Waals surface area contributed by atoms with Crippen molar-refractivity contribution in [1.82, 2.24) is 0 Å². The van der Waals surface area contributed by atoms with Gasteiger partial charge in [0.2, 0.25) is 0 Å². The SMILES string of the molecule is COC1CCOc2ccc(CCC(=O)C3CCC3C3(C)CCCCC3)cc21. The Bertz CT molecular complexity index is 674. The summed E-state index contributed by atoms with van der Waals surface area (Å²) in [6.07, 6.45) is 11.6. The summed E-state index contributed by atoms with van der Waals surface area (Å²) in [7, 11) is 1.76. The Morgan fingerprint density at radius 1 is 1.19 bits per heavy atom. The van der Waals surface area contributed by atoms with Crippen LogP contribution in [0.5, 0.6) is 5.75 Å². The van der Waals surface area contributed by atoms with Crippen molar-refractivity contribution in [2.24, 2.45) is 17.3 Å². The molecule has 1 heterocycles. The number of hydrogen-bond acceptors (Lipinski definition) is 3. The summed E-state index contributed by atoms with van der Waals surface area (Å²) < 4.78 is 11.4. The Morgan fingerprint density at radius 2 is 2.00 bits per heavy atom. The van der Waals surface area contributed by atoms with Crippen LogP contribution in [0.15, 0.2) is 18.2 Å². The van der Waals surface area contributed by atoms with Crippen LogP contribution in [0.25, 0.3) is 0 Å². The average Bonchev–Trinajstić information content (AvgIpc) is 2.65. The third kappa shape index (κ3) is 3.81. The minimum Gasteiger partial charge on any atom is -0.493 e. The van der Waals surface area contributed by atoms with Gasteiger partial charge < -0.3 is 9.47 Å². The molecule has 4 rings (SSSR count). The van der Waals surface area contributed by atoms with Gasteiger partial charge in [0, 0.05) is 31.4 Å². The Labute approximate surface area is 163 Å². The molecule has 2 fully saturated rings. The minimum absolute atomic E-state index is 0.117. The van der Waals surface area contributed by atoms with Gasteiger partial charge >= 0.3 is 0 Å². The normalized spacial score (nSPS) is 29.3. The number of ketones is 1. The van der Waals surface area contributed by atoms with Crippen molar-refractivity contribution in [2.75, 3.05) is 13.7 Å². The standard InChI is InChI=1S/C24H34O3/c1-24(13-4-3-5-14-24)20-9-8-18(20)21(25)10-6-17-7-11-23-19(16-17)22(26-2)12-15-27-23/h7,11,16,18,20,22H,3-6,8-10,12-15H2,1-2H3. The van der Waals surface area contributed by atoms with Gasteiger partial charge in [0.15, 0.2) is 0 Å². The molecule has 1 aromatic rings. The smallest absolute Gasteiger partial charge is 0.136 e. The Balaban J connectivity index is 1.37. The average molecular weight is 371 g/mol. The molecule has 3 aliphatic rings. The van der Waals surface area contributed by atoms with Gasteiger partial charge in [-0.1, -0.05) is 32.3 Å². The van der Waals surface area contributed by atoms with E-state index in [4.69, 9.17) is 9.47 Å². The van der Waals surface area contributed by atoms with Crippen LogP contribution < -0.4 is 4.74 Å². The third-order valence-corrected chi connectivity index (χ3v) is 7.58. The van der Waals surface area contributed by atoms with Crippen LogP contribution in [0, 0.1) is 17.3 Å². The maximum absolute atomic E-state index is 13.0. The van der Waals surface area contributed by atoms with Gasteiger partial charge in [-0.15, -0.1) is 0 Å². The number of benzene rings is 1. The van der Waals surface area contributed by atoms with Crippen LogP contribution >= 0.6 is 0 Å². The van der Waals surface area contributed by atoms with E-state index in [0.717, 1.165) is 30.6 Å². The van der Waals surface area contributed by atoms with Crippen LogP contribution in [-0.2, 0) is 16.0 Å². The van der Waals surface area contributed by atoms with Gasteiger partial charge in [-0.25, -0.2) is 0 Å². The van der Waals surface area contributed by atoms with Crippen molar-refractivity contribution in [2.45, 2.75) is 77.2 Å². The van der Waals surface area contributed by atoms with Crippen LogP contribution in [0.4, 0.5) is 0 Å². The van der Waals surface area contributed by atoms with Gasteiger partial charge in [0.25, 0.3) is 0 Å². The predicted octanol–water partition coefficient (Wildman–Crippen LogP) is 5.65. The molecular formula is C24H34O3. The first-order valence-electron chi connectivity index (χ1n) is 10.9. The molecule has 0 spiro atoms. The lowest BCUT2D eigenvalue weighted by molar-refractivity contribution is -0.133. The first-order chi connectivity index (χ1) is 13.1. The van der Waals surface area contributed by atoms with Crippen LogP contribution in [-0.4, -0.2) is 19.5 Å². The molecule has 2 aliphatic carbocycles. The summed E-state index contributed by atoms with van der Waals surface area (Å²) in [4.78, 5) is 13.0. The van der Waals surface area contributed by atoms with Crippen molar-refractivity contribution in [3.63, 3.8) is 0 Å². The largest absolute Gasteiger partial charge is 0.493 e. The number of rotatable bonds is 6. The number of carbonyl (C=O) groups excluding carboxylic acids is 1. The zero-order chi connectivity index (χ0) is 18.9. The summed E-state index contributed by atoms with van der Waals surface area (Å²) in [6, 6.07) is 6.36. The fraction of sp³-hybridized carbons (Fsp3) is 0.708. The quantitative estimate of drug-likeness (QED) is 0.648. The first kappa shape index (κ1) is 19.0. The summed E-state index contributed by atoms with van der Waals surface area (Å²) in [6.45, 7) is 3.16. The number of methoxy groups -OCH3 is 1. The van der Waals surface area contributed by atoms with Crippen molar-refractivity contribution >= 4 is 5.78 Å². The van der Waals surface area contributed by atoms with Gasteiger partial charge in [-0.05, 0) is 61.1 Å². The molecule has 3 nitrogen and oxygen atoms in total. The molecule has 0 bridgehead atoms. The molecule has 0 amide bonds.